The van der Waals surface area contributed by atoms with Gasteiger partial charge in [0.05, 0.1) is 18.6 Å². The number of rotatable bonds is 6. The summed E-state index contributed by atoms with van der Waals surface area (Å²) in [5.74, 6) is -0.882. The largest absolute Gasteiger partial charge is 0.464 e. The number of esters is 1. The molecule has 1 amide bonds. The van der Waals surface area contributed by atoms with Gasteiger partial charge in [0.25, 0.3) is 0 Å². The number of imidazole rings is 1. The van der Waals surface area contributed by atoms with E-state index < -0.39 is 11.8 Å². The van der Waals surface area contributed by atoms with Gasteiger partial charge in [-0.2, -0.15) is 0 Å². The number of amides is 1. The molecule has 0 aliphatic carbocycles. The molecule has 1 N–H and O–H groups in total. The van der Waals surface area contributed by atoms with Gasteiger partial charge in [-0.25, -0.2) is 14.2 Å². The van der Waals surface area contributed by atoms with Crippen LogP contribution in [0, 0.1) is 5.82 Å². The van der Waals surface area contributed by atoms with Crippen molar-refractivity contribution in [3.8, 4) is 5.82 Å². The fraction of sp³-hybridized carbons (Fsp3) is 0.118. The van der Waals surface area contributed by atoms with Crippen molar-refractivity contribution in [2.24, 2.45) is 0 Å². The lowest BCUT2D eigenvalue weighted by atomic mass is 10.3. The number of aromatic nitrogens is 4. The van der Waals surface area contributed by atoms with Gasteiger partial charge >= 0.3 is 5.97 Å². The van der Waals surface area contributed by atoms with E-state index in [-0.39, 0.29) is 23.0 Å². The summed E-state index contributed by atoms with van der Waals surface area (Å²) >= 11 is 1.16. The third-order valence-electron chi connectivity index (χ3n) is 3.37. The van der Waals surface area contributed by atoms with Crippen LogP contribution in [0.5, 0.6) is 0 Å². The van der Waals surface area contributed by atoms with E-state index in [0.29, 0.717) is 10.8 Å². The highest BCUT2D eigenvalue weighted by Crippen LogP contribution is 2.17. The normalized spacial score (nSPS) is 10.4. The third kappa shape index (κ3) is 4.67. The van der Waals surface area contributed by atoms with Crippen LogP contribution in [-0.4, -0.2) is 44.5 Å². The number of halogens is 1. The van der Waals surface area contributed by atoms with Crippen LogP contribution in [0.1, 0.15) is 10.5 Å². The van der Waals surface area contributed by atoms with Gasteiger partial charge in [-0.15, -0.1) is 10.2 Å². The molecule has 0 unspecified atom stereocenters. The average Bonchev–Trinajstić information content (AvgIpc) is 3.18. The molecule has 0 spiro atoms. The Labute approximate surface area is 157 Å². The monoisotopic (exact) mass is 387 g/mol. The van der Waals surface area contributed by atoms with Crippen LogP contribution in [0.3, 0.4) is 0 Å². The van der Waals surface area contributed by atoms with Gasteiger partial charge < -0.3 is 10.1 Å². The molecule has 2 heterocycles. The molecule has 1 aromatic carbocycles. The second-order valence-corrected chi connectivity index (χ2v) is 6.20. The van der Waals surface area contributed by atoms with Gasteiger partial charge in [-0.05, 0) is 24.3 Å². The van der Waals surface area contributed by atoms with Crippen LogP contribution in [0.4, 0.5) is 10.1 Å². The molecule has 0 saturated carbocycles. The summed E-state index contributed by atoms with van der Waals surface area (Å²) in [6.45, 7) is 0. The minimum atomic E-state index is -0.547. The molecule has 3 aromatic rings. The van der Waals surface area contributed by atoms with Crippen molar-refractivity contribution in [1.29, 1.82) is 0 Å². The van der Waals surface area contributed by atoms with Crippen LogP contribution >= 0.6 is 11.8 Å². The first-order chi connectivity index (χ1) is 13.1. The highest BCUT2D eigenvalue weighted by molar-refractivity contribution is 7.99. The number of nitrogens with zero attached hydrogens (tertiary/aromatic N) is 4. The fourth-order valence-corrected chi connectivity index (χ4v) is 2.69. The molecule has 8 nitrogen and oxygen atoms in total. The SMILES string of the molecule is COC(=O)c1cn(-c2ccc(SCC(=O)Nc3ccccc3F)nn2)cn1. The van der Waals surface area contributed by atoms with Crippen molar-refractivity contribution in [3.05, 3.63) is 60.4 Å². The number of para-hydroxylation sites is 1. The maximum atomic E-state index is 13.5. The molecule has 0 aliphatic rings. The molecule has 0 atom stereocenters. The van der Waals surface area contributed by atoms with Gasteiger partial charge in [0.2, 0.25) is 5.91 Å². The Kier molecular flexibility index (Phi) is 5.77. The molecule has 0 bridgehead atoms. The number of hydrogen-bond acceptors (Lipinski definition) is 7. The predicted molar refractivity (Wildman–Crippen MR) is 96.2 cm³/mol. The number of carbonyl (C=O) groups excluding carboxylic acids is 2. The Hall–Kier alpha value is -3.27. The standard InChI is InChI=1S/C17H14FN5O3S/c1-26-17(25)13-8-23(10-19-13)14-6-7-16(22-21-14)27-9-15(24)20-12-5-3-2-4-11(12)18/h2-8,10H,9H2,1H3,(H,20,24). The van der Waals surface area contributed by atoms with Crippen LogP contribution in [0.25, 0.3) is 5.82 Å². The van der Waals surface area contributed by atoms with E-state index in [2.05, 4.69) is 25.2 Å². The van der Waals surface area contributed by atoms with Crippen molar-refractivity contribution >= 4 is 29.3 Å². The molecule has 138 valence electrons. The van der Waals surface area contributed by atoms with Crippen molar-refractivity contribution in [3.63, 3.8) is 0 Å². The summed E-state index contributed by atoms with van der Waals surface area (Å²) in [5, 5.41) is 11.1. The summed E-state index contributed by atoms with van der Waals surface area (Å²) in [7, 11) is 1.27. The summed E-state index contributed by atoms with van der Waals surface area (Å²) in [4.78, 5) is 27.3. The van der Waals surface area contributed by atoms with Crippen LogP contribution in [-0.2, 0) is 9.53 Å². The lowest BCUT2D eigenvalue weighted by Crippen LogP contribution is -2.15. The molecule has 27 heavy (non-hydrogen) atoms. The molecular formula is C17H14FN5O3S. The van der Waals surface area contributed by atoms with Gasteiger partial charge in [0.1, 0.15) is 17.2 Å². The summed E-state index contributed by atoms with van der Waals surface area (Å²) < 4.78 is 19.6. The van der Waals surface area contributed by atoms with Gasteiger partial charge in [-0.1, -0.05) is 23.9 Å². The second-order valence-electron chi connectivity index (χ2n) is 5.20. The third-order valence-corrected chi connectivity index (χ3v) is 4.29. The van der Waals surface area contributed by atoms with Crippen LogP contribution in [0.15, 0.2) is 53.9 Å². The molecule has 0 fully saturated rings. The molecule has 0 aliphatic heterocycles. The second kappa shape index (κ2) is 8.41. The summed E-state index contributed by atoms with van der Waals surface area (Å²) in [6, 6.07) is 9.30. The number of thioether (sulfide) groups is 1. The average molecular weight is 387 g/mol. The molecule has 10 heteroatoms. The number of methoxy groups -OCH3 is 1. The van der Waals surface area contributed by atoms with E-state index in [9.17, 15) is 14.0 Å². The topological polar surface area (TPSA) is 99.0 Å². The number of anilines is 1. The number of hydrogen-bond donors (Lipinski definition) is 1. The van der Waals surface area contributed by atoms with E-state index >= 15 is 0 Å². The molecule has 2 aromatic heterocycles. The van der Waals surface area contributed by atoms with Crippen LogP contribution in [0.2, 0.25) is 0 Å². The molecule has 0 radical (unpaired) electrons. The Balaban J connectivity index is 1.58. The molecular weight excluding hydrogens is 373 g/mol. The maximum absolute atomic E-state index is 13.5. The lowest BCUT2D eigenvalue weighted by molar-refractivity contribution is -0.113. The highest BCUT2D eigenvalue weighted by atomic mass is 32.2. The van der Waals surface area contributed by atoms with Gasteiger partial charge in [0.15, 0.2) is 11.5 Å². The van der Waals surface area contributed by atoms with Crippen LogP contribution < -0.4 is 5.32 Å². The zero-order valence-corrected chi connectivity index (χ0v) is 14.9. The Morgan fingerprint density at radius 1 is 1.22 bits per heavy atom. The van der Waals surface area contributed by atoms with Gasteiger partial charge in [0, 0.05) is 6.20 Å². The fourth-order valence-electron chi connectivity index (χ4n) is 2.07. The van der Waals surface area contributed by atoms with Crippen molar-refractivity contribution in [1.82, 2.24) is 19.7 Å². The minimum Gasteiger partial charge on any atom is -0.464 e. The van der Waals surface area contributed by atoms with Crippen molar-refractivity contribution in [2.75, 3.05) is 18.2 Å². The first-order valence-corrected chi connectivity index (χ1v) is 8.69. The van der Waals surface area contributed by atoms with E-state index in [1.54, 1.807) is 24.3 Å². The Morgan fingerprint density at radius 3 is 2.74 bits per heavy atom. The van der Waals surface area contributed by atoms with E-state index in [1.165, 1.54) is 36.3 Å². The van der Waals surface area contributed by atoms with E-state index in [1.807, 2.05) is 0 Å². The maximum Gasteiger partial charge on any atom is 0.358 e. The summed E-state index contributed by atoms with van der Waals surface area (Å²) in [6.07, 6.45) is 2.90. The van der Waals surface area contributed by atoms with E-state index in [4.69, 9.17) is 0 Å². The van der Waals surface area contributed by atoms with E-state index in [0.717, 1.165) is 11.8 Å². The first-order valence-electron chi connectivity index (χ1n) is 7.70. The first kappa shape index (κ1) is 18.5. The summed E-state index contributed by atoms with van der Waals surface area (Å²) in [5.41, 5.74) is 0.286. The number of carbonyl (C=O) groups is 2. The number of ether oxygens (including phenoxy) is 1. The lowest BCUT2D eigenvalue weighted by Gasteiger charge is -2.06. The van der Waals surface area contributed by atoms with Crippen molar-refractivity contribution < 1.29 is 18.7 Å². The predicted octanol–water partition coefficient (Wildman–Crippen LogP) is 2.32. The van der Waals surface area contributed by atoms with Crippen molar-refractivity contribution in [2.45, 2.75) is 5.03 Å². The number of nitrogens with one attached hydrogen (secondary N) is 1. The zero-order chi connectivity index (χ0) is 19.2. The molecule has 0 saturated heterocycles. The quantitative estimate of drug-likeness (QED) is 0.512. The molecule has 3 rings (SSSR count). The Bertz CT molecular complexity index is 961. The highest BCUT2D eigenvalue weighted by Gasteiger charge is 2.11. The number of benzene rings is 1. The van der Waals surface area contributed by atoms with Gasteiger partial charge in [-0.3, -0.25) is 9.36 Å². The smallest absolute Gasteiger partial charge is 0.358 e. The minimum absolute atomic E-state index is 0.0555. The Morgan fingerprint density at radius 2 is 2.04 bits per heavy atom. The zero-order valence-electron chi connectivity index (χ0n) is 14.1.